The molecule has 1 aliphatic rings. The minimum Gasteiger partial charge on any atom is -0.292 e. The summed E-state index contributed by atoms with van der Waals surface area (Å²) in [5.74, 6) is 0.0926. The Bertz CT molecular complexity index is 555. The second kappa shape index (κ2) is 6.03. The lowest BCUT2D eigenvalue weighted by molar-refractivity contribution is -0.119. The number of para-hydroxylation sites is 1. The zero-order valence-electron chi connectivity index (χ0n) is 9.46. The van der Waals surface area contributed by atoms with Crippen LogP contribution < -0.4 is 10.9 Å². The highest BCUT2D eigenvalue weighted by Crippen LogP contribution is 2.03. The third kappa shape index (κ3) is 3.22. The first-order valence-electron chi connectivity index (χ1n) is 5.34. The number of tetrazole rings is 1. The van der Waals surface area contributed by atoms with E-state index in [9.17, 15) is 4.79 Å². The standard InChI is InChI=1S/C7H6N4S.C3H6N2O/c12-7-8-9-10-11(7)6-4-2-1-3-5-6;6-3-1-2-4-5-3/h1-5H,(H,8,10,12);4H,1-2H2,(H,5,6). The number of benzene rings is 1. The molecule has 2 aromatic rings. The van der Waals surface area contributed by atoms with Crippen LogP contribution in [0.4, 0.5) is 0 Å². The predicted octanol–water partition coefficient (Wildman–Crippen LogP) is 0.336. The maximum atomic E-state index is 10.1. The number of carbonyl (C=O) groups excluding carboxylic acids is 1. The number of nitrogens with one attached hydrogen (secondary N) is 3. The van der Waals surface area contributed by atoms with Crippen molar-refractivity contribution in [2.75, 3.05) is 6.54 Å². The average molecular weight is 264 g/mol. The van der Waals surface area contributed by atoms with Crippen molar-refractivity contribution < 1.29 is 4.79 Å². The summed E-state index contributed by atoms with van der Waals surface area (Å²) in [4.78, 5) is 10.1. The third-order valence-electron chi connectivity index (χ3n) is 2.19. The smallest absolute Gasteiger partial charge is 0.242 e. The third-order valence-corrected chi connectivity index (χ3v) is 2.46. The van der Waals surface area contributed by atoms with Crippen molar-refractivity contribution in [3.05, 3.63) is 35.1 Å². The molecule has 8 heteroatoms. The maximum Gasteiger partial charge on any atom is 0.242 e. The van der Waals surface area contributed by atoms with Gasteiger partial charge in [0, 0.05) is 13.0 Å². The number of H-pyrrole nitrogens is 1. The second-order valence-electron chi connectivity index (χ2n) is 3.48. The largest absolute Gasteiger partial charge is 0.292 e. The van der Waals surface area contributed by atoms with Gasteiger partial charge in [-0.2, -0.15) is 5.21 Å². The quantitative estimate of drug-likeness (QED) is 0.646. The number of rotatable bonds is 1. The molecule has 1 aromatic heterocycles. The molecule has 2 heterocycles. The van der Waals surface area contributed by atoms with E-state index in [2.05, 4.69) is 26.4 Å². The Balaban J connectivity index is 0.000000169. The second-order valence-corrected chi connectivity index (χ2v) is 3.84. The van der Waals surface area contributed by atoms with Gasteiger partial charge in [-0.05, 0) is 24.4 Å². The number of carbonyl (C=O) groups is 1. The lowest BCUT2D eigenvalue weighted by Gasteiger charge is -1.97. The molecular weight excluding hydrogens is 252 g/mol. The Morgan fingerprint density at radius 1 is 1.28 bits per heavy atom. The van der Waals surface area contributed by atoms with Crippen LogP contribution in [0.25, 0.3) is 5.69 Å². The molecule has 3 rings (SSSR count). The Hall–Kier alpha value is -2.06. The van der Waals surface area contributed by atoms with Gasteiger partial charge in [-0.3, -0.25) is 10.2 Å². The van der Waals surface area contributed by atoms with E-state index >= 15 is 0 Å². The highest BCUT2D eigenvalue weighted by atomic mass is 32.1. The Kier molecular flexibility index (Phi) is 4.15. The van der Waals surface area contributed by atoms with Crippen molar-refractivity contribution in [1.82, 2.24) is 31.1 Å². The van der Waals surface area contributed by atoms with Crippen LogP contribution in [-0.4, -0.2) is 32.7 Å². The van der Waals surface area contributed by atoms with Gasteiger partial charge in [0.1, 0.15) is 0 Å². The lowest BCUT2D eigenvalue weighted by Crippen LogP contribution is -2.25. The molecule has 0 unspecified atom stereocenters. The van der Waals surface area contributed by atoms with Crippen LogP contribution in [0.1, 0.15) is 6.42 Å². The maximum absolute atomic E-state index is 10.1. The minimum atomic E-state index is 0.0926. The van der Waals surface area contributed by atoms with Gasteiger partial charge in [0.15, 0.2) is 0 Å². The van der Waals surface area contributed by atoms with E-state index in [4.69, 9.17) is 12.2 Å². The molecule has 1 saturated heterocycles. The lowest BCUT2D eigenvalue weighted by atomic mass is 10.3. The van der Waals surface area contributed by atoms with Crippen LogP contribution in [0.2, 0.25) is 0 Å². The molecular formula is C10H12N6OS. The number of aromatic nitrogens is 4. The summed E-state index contributed by atoms with van der Waals surface area (Å²) in [5.41, 5.74) is 6.04. The van der Waals surface area contributed by atoms with Gasteiger partial charge in [0.05, 0.1) is 5.69 Å². The van der Waals surface area contributed by atoms with Crippen molar-refractivity contribution in [2.45, 2.75) is 6.42 Å². The molecule has 0 radical (unpaired) electrons. The van der Waals surface area contributed by atoms with E-state index in [-0.39, 0.29) is 5.91 Å². The van der Waals surface area contributed by atoms with Gasteiger partial charge in [-0.25, -0.2) is 10.1 Å². The molecule has 0 spiro atoms. The van der Waals surface area contributed by atoms with E-state index in [1.807, 2.05) is 30.3 Å². The number of hydrogen-bond acceptors (Lipinski definition) is 5. The first-order chi connectivity index (χ1) is 8.77. The van der Waals surface area contributed by atoms with Gasteiger partial charge < -0.3 is 0 Å². The summed E-state index contributed by atoms with van der Waals surface area (Å²) < 4.78 is 2.07. The first kappa shape index (κ1) is 12.4. The number of aromatic amines is 1. The SMILES string of the molecule is O=C1CCNN1.S=c1nn[nH]n1-c1ccccc1. The van der Waals surface area contributed by atoms with Gasteiger partial charge in [-0.15, -0.1) is 0 Å². The molecule has 0 aliphatic carbocycles. The van der Waals surface area contributed by atoms with Crippen LogP contribution in [0.5, 0.6) is 0 Å². The molecule has 1 aromatic carbocycles. The minimum absolute atomic E-state index is 0.0926. The molecule has 94 valence electrons. The van der Waals surface area contributed by atoms with Crippen LogP contribution >= 0.6 is 12.2 Å². The Morgan fingerprint density at radius 3 is 2.50 bits per heavy atom. The van der Waals surface area contributed by atoms with Crippen molar-refractivity contribution in [2.24, 2.45) is 0 Å². The summed E-state index contributed by atoms with van der Waals surface area (Å²) in [6.07, 6.45) is 0.625. The summed E-state index contributed by atoms with van der Waals surface area (Å²) in [6.45, 7) is 0.777. The fourth-order valence-corrected chi connectivity index (χ4v) is 1.53. The molecule has 1 amide bonds. The molecule has 0 bridgehead atoms. The van der Waals surface area contributed by atoms with E-state index in [1.165, 1.54) is 0 Å². The first-order valence-corrected chi connectivity index (χ1v) is 5.75. The Labute approximate surface area is 108 Å². The predicted molar refractivity (Wildman–Crippen MR) is 67.3 cm³/mol. The van der Waals surface area contributed by atoms with Crippen molar-refractivity contribution in [3.8, 4) is 5.69 Å². The molecule has 0 atom stereocenters. The number of amides is 1. The molecule has 1 aliphatic heterocycles. The van der Waals surface area contributed by atoms with Gasteiger partial charge >= 0.3 is 0 Å². The molecule has 3 N–H and O–H groups in total. The molecule has 7 nitrogen and oxygen atoms in total. The van der Waals surface area contributed by atoms with Crippen LogP contribution in [-0.2, 0) is 4.79 Å². The number of hydrazine groups is 1. The van der Waals surface area contributed by atoms with Crippen molar-refractivity contribution in [3.63, 3.8) is 0 Å². The monoisotopic (exact) mass is 264 g/mol. The molecule has 0 saturated carbocycles. The van der Waals surface area contributed by atoms with Crippen LogP contribution in [0, 0.1) is 4.77 Å². The summed E-state index contributed by atoms with van der Waals surface area (Å²) >= 11 is 4.93. The van der Waals surface area contributed by atoms with Crippen LogP contribution in [0.3, 0.4) is 0 Å². The fraction of sp³-hybridized carbons (Fsp3) is 0.200. The highest BCUT2D eigenvalue weighted by molar-refractivity contribution is 7.71. The van der Waals surface area contributed by atoms with Crippen LogP contribution in [0.15, 0.2) is 30.3 Å². The van der Waals surface area contributed by atoms with E-state index in [1.54, 1.807) is 4.68 Å². The van der Waals surface area contributed by atoms with Gasteiger partial charge in [0.25, 0.3) is 0 Å². The number of hydrogen-bond donors (Lipinski definition) is 3. The molecule has 18 heavy (non-hydrogen) atoms. The number of nitrogens with zero attached hydrogens (tertiary/aromatic N) is 3. The highest BCUT2D eigenvalue weighted by Gasteiger charge is 2.04. The topological polar surface area (TPSA) is 87.6 Å². The fourth-order valence-electron chi connectivity index (χ4n) is 1.34. The van der Waals surface area contributed by atoms with Crippen molar-refractivity contribution >= 4 is 18.1 Å². The summed E-state index contributed by atoms with van der Waals surface area (Å²) in [6, 6.07) is 9.65. The average Bonchev–Trinajstić information content (AvgIpc) is 3.02. The summed E-state index contributed by atoms with van der Waals surface area (Å²) in [7, 11) is 0. The normalized spacial score (nSPS) is 13.7. The summed E-state index contributed by atoms with van der Waals surface area (Å²) in [5, 5.41) is 9.92. The Morgan fingerprint density at radius 2 is 2.06 bits per heavy atom. The molecule has 1 fully saturated rings. The zero-order valence-corrected chi connectivity index (χ0v) is 10.3. The zero-order chi connectivity index (χ0) is 12.8. The van der Waals surface area contributed by atoms with Gasteiger partial charge in [0.2, 0.25) is 10.7 Å². The van der Waals surface area contributed by atoms with E-state index in [0.717, 1.165) is 12.2 Å². The van der Waals surface area contributed by atoms with Crippen molar-refractivity contribution in [1.29, 1.82) is 0 Å². The van der Waals surface area contributed by atoms with E-state index in [0.29, 0.717) is 11.2 Å². The van der Waals surface area contributed by atoms with E-state index < -0.39 is 0 Å². The van der Waals surface area contributed by atoms with Gasteiger partial charge in [-0.1, -0.05) is 28.5 Å².